The first-order valence-electron chi connectivity index (χ1n) is 6.66. The van der Waals surface area contributed by atoms with Crippen molar-refractivity contribution in [2.45, 2.75) is 18.2 Å². The molecule has 1 atom stereocenters. The molecule has 0 saturated carbocycles. The lowest BCUT2D eigenvalue weighted by Crippen LogP contribution is -2.42. The molecule has 120 valence electrons. The quantitative estimate of drug-likeness (QED) is 0.742. The second-order valence-electron chi connectivity index (χ2n) is 5.13. The van der Waals surface area contributed by atoms with E-state index in [-0.39, 0.29) is 5.71 Å². The lowest BCUT2D eigenvalue weighted by Gasteiger charge is -2.29. The average Bonchev–Trinajstić information content (AvgIpc) is 2.97. The molecule has 23 heavy (non-hydrogen) atoms. The first-order chi connectivity index (χ1) is 10.8. The van der Waals surface area contributed by atoms with Crippen LogP contribution in [-0.2, 0) is 10.4 Å². The minimum Gasteiger partial charge on any atom is -0.374 e. The Morgan fingerprint density at radius 2 is 1.65 bits per heavy atom. The van der Waals surface area contributed by atoms with Gasteiger partial charge in [0, 0.05) is 12.0 Å². The van der Waals surface area contributed by atoms with Gasteiger partial charge in [-0.1, -0.05) is 41.6 Å². The van der Waals surface area contributed by atoms with Crippen molar-refractivity contribution in [3.8, 4) is 0 Å². The van der Waals surface area contributed by atoms with Crippen LogP contribution in [0, 0.1) is 11.6 Å². The maximum absolute atomic E-state index is 13.6. The summed E-state index contributed by atoms with van der Waals surface area (Å²) >= 11 is 0. The second-order valence-corrected chi connectivity index (χ2v) is 5.13. The van der Waals surface area contributed by atoms with E-state index < -0.39 is 35.4 Å². The fourth-order valence-electron chi connectivity index (χ4n) is 2.44. The van der Waals surface area contributed by atoms with Crippen molar-refractivity contribution in [2.75, 3.05) is 0 Å². The molecule has 3 rings (SSSR count). The van der Waals surface area contributed by atoms with Crippen molar-refractivity contribution in [1.29, 1.82) is 0 Å². The first kappa shape index (κ1) is 15.5. The van der Waals surface area contributed by atoms with Gasteiger partial charge < -0.3 is 4.84 Å². The van der Waals surface area contributed by atoms with Crippen LogP contribution in [0.25, 0.3) is 0 Å². The third-order valence-electron chi connectivity index (χ3n) is 3.68. The first-order valence-corrected chi connectivity index (χ1v) is 6.66. The molecule has 1 aliphatic heterocycles. The summed E-state index contributed by atoms with van der Waals surface area (Å²) in [5.41, 5.74) is -2.79. The summed E-state index contributed by atoms with van der Waals surface area (Å²) in [4.78, 5) is 4.73. The fraction of sp³-hybridized carbons (Fsp3) is 0.188. The molecule has 2 nitrogen and oxygen atoms in total. The Morgan fingerprint density at radius 1 is 0.957 bits per heavy atom. The maximum Gasteiger partial charge on any atom is 0.435 e. The number of rotatable bonds is 2. The van der Waals surface area contributed by atoms with E-state index in [0.717, 1.165) is 6.07 Å². The Balaban J connectivity index is 2.03. The molecule has 0 N–H and O–H groups in total. The van der Waals surface area contributed by atoms with Gasteiger partial charge in [-0.25, -0.2) is 8.78 Å². The Bertz CT molecular complexity index is 757. The molecule has 0 aromatic heterocycles. The number of nitrogens with zero attached hydrogens (tertiary/aromatic N) is 1. The molecule has 0 amide bonds. The van der Waals surface area contributed by atoms with E-state index in [2.05, 4.69) is 5.16 Å². The molecule has 2 aromatic rings. The van der Waals surface area contributed by atoms with Crippen molar-refractivity contribution in [2.24, 2.45) is 5.16 Å². The molecule has 1 aliphatic rings. The SMILES string of the molecule is Fc1ccc(C2(C(F)(F)F)CC(c3ccccc3)=NO2)cc1F. The molecule has 0 aliphatic carbocycles. The lowest BCUT2D eigenvalue weighted by atomic mass is 9.86. The Hall–Kier alpha value is -2.44. The van der Waals surface area contributed by atoms with Gasteiger partial charge in [0.2, 0.25) is 0 Å². The molecular formula is C16H10F5NO. The third-order valence-corrected chi connectivity index (χ3v) is 3.68. The predicted octanol–water partition coefficient (Wildman–Crippen LogP) is 4.55. The van der Waals surface area contributed by atoms with E-state index in [0.29, 0.717) is 17.7 Å². The summed E-state index contributed by atoms with van der Waals surface area (Å²) < 4.78 is 67.2. The minimum absolute atomic E-state index is 0.0904. The van der Waals surface area contributed by atoms with Crippen LogP contribution in [-0.4, -0.2) is 11.9 Å². The van der Waals surface area contributed by atoms with Gasteiger partial charge in [0.1, 0.15) is 0 Å². The van der Waals surface area contributed by atoms with Crippen LogP contribution >= 0.6 is 0 Å². The summed E-state index contributed by atoms with van der Waals surface area (Å²) in [6.07, 6.45) is -5.47. The Labute approximate surface area is 128 Å². The standard InChI is InChI=1S/C16H10F5NO/c17-12-7-6-11(8-13(12)18)15(16(19,20)21)9-14(22-23-15)10-4-2-1-3-5-10/h1-8H,9H2. The van der Waals surface area contributed by atoms with Crippen molar-refractivity contribution >= 4 is 5.71 Å². The van der Waals surface area contributed by atoms with Crippen molar-refractivity contribution in [1.82, 2.24) is 0 Å². The monoisotopic (exact) mass is 327 g/mol. The lowest BCUT2D eigenvalue weighted by molar-refractivity contribution is -0.276. The van der Waals surface area contributed by atoms with E-state index in [9.17, 15) is 22.0 Å². The van der Waals surface area contributed by atoms with Crippen molar-refractivity contribution < 1.29 is 26.8 Å². The topological polar surface area (TPSA) is 21.6 Å². The molecule has 0 saturated heterocycles. The van der Waals surface area contributed by atoms with E-state index in [1.165, 1.54) is 0 Å². The molecule has 1 heterocycles. The fourth-order valence-corrected chi connectivity index (χ4v) is 2.44. The third kappa shape index (κ3) is 2.56. The average molecular weight is 327 g/mol. The number of halogens is 5. The van der Waals surface area contributed by atoms with Crippen LogP contribution in [0.2, 0.25) is 0 Å². The van der Waals surface area contributed by atoms with E-state index in [4.69, 9.17) is 4.84 Å². The zero-order valence-electron chi connectivity index (χ0n) is 11.6. The highest BCUT2D eigenvalue weighted by atomic mass is 19.4. The van der Waals surface area contributed by atoms with Crippen molar-refractivity contribution in [3.05, 3.63) is 71.3 Å². The van der Waals surface area contributed by atoms with Gasteiger partial charge in [0.25, 0.3) is 5.60 Å². The van der Waals surface area contributed by atoms with E-state index >= 15 is 0 Å². The molecule has 0 fully saturated rings. The molecular weight excluding hydrogens is 317 g/mol. The number of hydrogen-bond acceptors (Lipinski definition) is 2. The smallest absolute Gasteiger partial charge is 0.374 e. The molecule has 7 heteroatoms. The summed E-state index contributed by atoms with van der Waals surface area (Å²) in [7, 11) is 0. The Morgan fingerprint density at radius 3 is 2.26 bits per heavy atom. The molecule has 0 bridgehead atoms. The van der Waals surface area contributed by atoms with Gasteiger partial charge in [-0.05, 0) is 17.7 Å². The van der Waals surface area contributed by atoms with Crippen molar-refractivity contribution in [3.63, 3.8) is 0 Å². The van der Waals surface area contributed by atoms with Gasteiger partial charge in [-0.2, -0.15) is 13.2 Å². The Kier molecular flexibility index (Phi) is 3.58. The van der Waals surface area contributed by atoms with Crippen LogP contribution < -0.4 is 0 Å². The summed E-state index contributed by atoms with van der Waals surface area (Å²) in [5, 5.41) is 3.53. The number of alkyl halides is 3. The largest absolute Gasteiger partial charge is 0.435 e. The summed E-state index contributed by atoms with van der Waals surface area (Å²) in [6.45, 7) is 0. The van der Waals surface area contributed by atoms with Gasteiger partial charge in [0.05, 0.1) is 5.71 Å². The van der Waals surface area contributed by atoms with Crippen LogP contribution in [0.3, 0.4) is 0 Å². The highest BCUT2D eigenvalue weighted by Crippen LogP contribution is 2.48. The number of hydrogen-bond donors (Lipinski definition) is 0. The minimum atomic E-state index is -4.85. The molecule has 0 spiro atoms. The predicted molar refractivity (Wildman–Crippen MR) is 72.8 cm³/mol. The highest BCUT2D eigenvalue weighted by molar-refractivity contribution is 6.01. The van der Waals surface area contributed by atoms with E-state index in [1.807, 2.05) is 0 Å². The second kappa shape index (κ2) is 5.33. The van der Waals surface area contributed by atoms with E-state index in [1.54, 1.807) is 30.3 Å². The highest BCUT2D eigenvalue weighted by Gasteiger charge is 2.62. The van der Waals surface area contributed by atoms with Gasteiger partial charge in [0.15, 0.2) is 11.6 Å². The maximum atomic E-state index is 13.6. The molecule has 2 aromatic carbocycles. The summed E-state index contributed by atoms with van der Waals surface area (Å²) in [6, 6.07) is 10.2. The summed E-state index contributed by atoms with van der Waals surface area (Å²) in [5.74, 6) is -2.60. The van der Waals surface area contributed by atoms with Crippen LogP contribution in [0.4, 0.5) is 22.0 Å². The van der Waals surface area contributed by atoms with Gasteiger partial charge >= 0.3 is 6.18 Å². The number of benzene rings is 2. The van der Waals surface area contributed by atoms with Gasteiger partial charge in [-0.15, -0.1) is 0 Å². The molecule has 0 radical (unpaired) electrons. The zero-order chi connectivity index (χ0) is 16.7. The zero-order valence-corrected chi connectivity index (χ0v) is 11.6. The molecule has 1 unspecified atom stereocenters. The van der Waals surface area contributed by atoms with Gasteiger partial charge in [-0.3, -0.25) is 0 Å². The van der Waals surface area contributed by atoms with Crippen LogP contribution in [0.1, 0.15) is 17.5 Å². The normalized spacial score (nSPS) is 21.0. The van der Waals surface area contributed by atoms with Crippen LogP contribution in [0.5, 0.6) is 0 Å². The number of oxime groups is 1. The van der Waals surface area contributed by atoms with Crippen LogP contribution in [0.15, 0.2) is 53.7 Å².